The lowest BCUT2D eigenvalue weighted by atomic mass is 10.1. The van der Waals surface area contributed by atoms with Gasteiger partial charge in [-0.25, -0.2) is 0 Å². The quantitative estimate of drug-likeness (QED) is 0.817. The zero-order valence-electron chi connectivity index (χ0n) is 10.3. The molecule has 0 radical (unpaired) electrons. The Balaban J connectivity index is 2.01. The molecule has 0 bridgehead atoms. The third-order valence-corrected chi connectivity index (χ3v) is 4.65. The van der Waals surface area contributed by atoms with E-state index in [0.29, 0.717) is 10.0 Å². The van der Waals surface area contributed by atoms with Gasteiger partial charge in [-0.05, 0) is 53.4 Å². The van der Waals surface area contributed by atoms with Crippen LogP contribution < -0.4 is 5.32 Å². The van der Waals surface area contributed by atoms with Crippen LogP contribution in [0.2, 0.25) is 10.0 Å². The monoisotopic (exact) mass is 299 g/mol. The molecule has 0 aliphatic heterocycles. The van der Waals surface area contributed by atoms with Crippen LogP contribution in [0.25, 0.3) is 0 Å². The van der Waals surface area contributed by atoms with E-state index in [1.54, 1.807) is 11.3 Å². The molecule has 1 heterocycles. The third-order valence-electron chi connectivity index (χ3n) is 3.00. The van der Waals surface area contributed by atoms with Crippen molar-refractivity contribution >= 4 is 34.5 Å². The van der Waals surface area contributed by atoms with E-state index < -0.39 is 0 Å². The number of hydrogen-bond donors (Lipinski definition) is 1. The Morgan fingerprint density at radius 3 is 2.61 bits per heavy atom. The second kappa shape index (κ2) is 6.07. The van der Waals surface area contributed by atoms with Crippen molar-refractivity contribution in [2.24, 2.45) is 0 Å². The summed E-state index contributed by atoms with van der Waals surface area (Å²) in [5, 5.41) is 9.05. The molecule has 1 unspecified atom stereocenters. The molecule has 0 saturated heterocycles. The highest BCUT2D eigenvalue weighted by Crippen LogP contribution is 2.25. The molecule has 1 aromatic carbocycles. The highest BCUT2D eigenvalue weighted by Gasteiger charge is 2.08. The Bertz CT molecular complexity index is 536. The summed E-state index contributed by atoms with van der Waals surface area (Å²) in [5.74, 6) is 0. The molecule has 0 saturated carbocycles. The standard InChI is InChI=1S/C14H15Cl2NS/c1-9-7-18-8-12(9)6-17-10(2)11-3-4-13(15)14(16)5-11/h3-5,7-8,10,17H,6H2,1-2H3. The van der Waals surface area contributed by atoms with Gasteiger partial charge in [-0.1, -0.05) is 29.3 Å². The predicted octanol–water partition coefficient (Wildman–Crippen LogP) is 5.21. The van der Waals surface area contributed by atoms with Gasteiger partial charge < -0.3 is 5.32 Å². The first-order valence-electron chi connectivity index (χ1n) is 5.78. The number of nitrogens with one attached hydrogen (secondary N) is 1. The molecule has 0 spiro atoms. The fourth-order valence-corrected chi connectivity index (χ4v) is 2.89. The summed E-state index contributed by atoms with van der Waals surface area (Å²) >= 11 is 13.7. The van der Waals surface area contributed by atoms with Crippen molar-refractivity contribution in [3.8, 4) is 0 Å². The topological polar surface area (TPSA) is 12.0 Å². The van der Waals surface area contributed by atoms with Crippen LogP contribution in [0.3, 0.4) is 0 Å². The van der Waals surface area contributed by atoms with Gasteiger partial charge in [0, 0.05) is 12.6 Å². The molecule has 0 aliphatic rings. The maximum Gasteiger partial charge on any atom is 0.0595 e. The van der Waals surface area contributed by atoms with E-state index in [2.05, 4.69) is 29.9 Å². The van der Waals surface area contributed by atoms with Crippen molar-refractivity contribution in [2.75, 3.05) is 0 Å². The summed E-state index contributed by atoms with van der Waals surface area (Å²) in [4.78, 5) is 0. The Labute approximate surface area is 122 Å². The Morgan fingerprint density at radius 2 is 2.00 bits per heavy atom. The van der Waals surface area contributed by atoms with E-state index in [1.165, 1.54) is 11.1 Å². The van der Waals surface area contributed by atoms with Gasteiger partial charge >= 0.3 is 0 Å². The highest BCUT2D eigenvalue weighted by molar-refractivity contribution is 7.08. The molecule has 18 heavy (non-hydrogen) atoms. The molecule has 0 fully saturated rings. The molecule has 0 amide bonds. The average Bonchev–Trinajstić information content (AvgIpc) is 2.75. The van der Waals surface area contributed by atoms with E-state index >= 15 is 0 Å². The second-order valence-electron chi connectivity index (χ2n) is 4.36. The lowest BCUT2D eigenvalue weighted by molar-refractivity contribution is 0.574. The van der Waals surface area contributed by atoms with Crippen molar-refractivity contribution in [3.63, 3.8) is 0 Å². The summed E-state index contributed by atoms with van der Waals surface area (Å²) in [5.41, 5.74) is 3.85. The fraction of sp³-hybridized carbons (Fsp3) is 0.286. The Kier molecular flexibility index (Phi) is 4.68. The number of benzene rings is 1. The Hall–Kier alpha value is -0.540. The van der Waals surface area contributed by atoms with Gasteiger partial charge in [-0.15, -0.1) is 0 Å². The van der Waals surface area contributed by atoms with Crippen molar-refractivity contribution in [2.45, 2.75) is 26.4 Å². The van der Waals surface area contributed by atoms with Gasteiger partial charge in [0.1, 0.15) is 0 Å². The molecule has 2 rings (SSSR count). The van der Waals surface area contributed by atoms with Crippen molar-refractivity contribution < 1.29 is 0 Å². The smallest absolute Gasteiger partial charge is 0.0595 e. The van der Waals surface area contributed by atoms with Crippen LogP contribution in [-0.4, -0.2) is 0 Å². The van der Waals surface area contributed by atoms with Crippen LogP contribution in [0.1, 0.15) is 29.7 Å². The largest absolute Gasteiger partial charge is 0.306 e. The molecule has 0 aliphatic carbocycles. The maximum atomic E-state index is 6.02. The van der Waals surface area contributed by atoms with Gasteiger partial charge in [-0.3, -0.25) is 0 Å². The van der Waals surface area contributed by atoms with Crippen LogP contribution >= 0.6 is 34.5 Å². The van der Waals surface area contributed by atoms with E-state index in [1.807, 2.05) is 18.2 Å². The minimum Gasteiger partial charge on any atom is -0.306 e. The van der Waals surface area contributed by atoms with Gasteiger partial charge in [0.15, 0.2) is 0 Å². The normalized spacial score (nSPS) is 12.7. The van der Waals surface area contributed by atoms with Gasteiger partial charge in [0.25, 0.3) is 0 Å². The molecule has 1 aromatic heterocycles. The Morgan fingerprint density at radius 1 is 1.22 bits per heavy atom. The summed E-state index contributed by atoms with van der Waals surface area (Å²) in [6.45, 7) is 5.13. The molecule has 4 heteroatoms. The van der Waals surface area contributed by atoms with E-state index in [-0.39, 0.29) is 6.04 Å². The number of rotatable bonds is 4. The second-order valence-corrected chi connectivity index (χ2v) is 5.91. The number of thiophene rings is 1. The van der Waals surface area contributed by atoms with E-state index in [4.69, 9.17) is 23.2 Å². The zero-order chi connectivity index (χ0) is 13.1. The molecule has 1 nitrogen and oxygen atoms in total. The first-order chi connectivity index (χ1) is 8.58. The highest BCUT2D eigenvalue weighted by atomic mass is 35.5. The molecule has 2 aromatic rings. The molecular formula is C14H15Cl2NS. The predicted molar refractivity (Wildman–Crippen MR) is 80.8 cm³/mol. The molecular weight excluding hydrogens is 285 g/mol. The average molecular weight is 300 g/mol. The lowest BCUT2D eigenvalue weighted by Gasteiger charge is -2.15. The van der Waals surface area contributed by atoms with Crippen molar-refractivity contribution in [1.29, 1.82) is 0 Å². The van der Waals surface area contributed by atoms with Gasteiger partial charge in [0.2, 0.25) is 0 Å². The molecule has 1 N–H and O–H groups in total. The minimum atomic E-state index is 0.249. The van der Waals surface area contributed by atoms with E-state index in [9.17, 15) is 0 Å². The van der Waals surface area contributed by atoms with Crippen LogP contribution in [-0.2, 0) is 6.54 Å². The minimum absolute atomic E-state index is 0.249. The molecule has 96 valence electrons. The fourth-order valence-electron chi connectivity index (χ4n) is 1.73. The maximum absolute atomic E-state index is 6.02. The summed E-state index contributed by atoms with van der Waals surface area (Å²) in [6.07, 6.45) is 0. The lowest BCUT2D eigenvalue weighted by Crippen LogP contribution is -2.18. The first-order valence-corrected chi connectivity index (χ1v) is 7.48. The number of hydrogen-bond acceptors (Lipinski definition) is 2. The van der Waals surface area contributed by atoms with Crippen LogP contribution in [0.15, 0.2) is 29.0 Å². The zero-order valence-corrected chi connectivity index (χ0v) is 12.7. The number of halogens is 2. The van der Waals surface area contributed by atoms with Crippen LogP contribution in [0.5, 0.6) is 0 Å². The van der Waals surface area contributed by atoms with Crippen LogP contribution in [0, 0.1) is 6.92 Å². The SMILES string of the molecule is Cc1cscc1CNC(C)c1ccc(Cl)c(Cl)c1. The first kappa shape index (κ1) is 13.9. The summed E-state index contributed by atoms with van der Waals surface area (Å²) < 4.78 is 0. The summed E-state index contributed by atoms with van der Waals surface area (Å²) in [6, 6.07) is 6.01. The summed E-state index contributed by atoms with van der Waals surface area (Å²) in [7, 11) is 0. The third kappa shape index (κ3) is 3.27. The van der Waals surface area contributed by atoms with Crippen molar-refractivity contribution in [1.82, 2.24) is 5.32 Å². The van der Waals surface area contributed by atoms with E-state index in [0.717, 1.165) is 12.1 Å². The van der Waals surface area contributed by atoms with Gasteiger partial charge in [-0.2, -0.15) is 11.3 Å². The van der Waals surface area contributed by atoms with Gasteiger partial charge in [0.05, 0.1) is 10.0 Å². The molecule has 1 atom stereocenters. The van der Waals surface area contributed by atoms with Crippen molar-refractivity contribution in [3.05, 3.63) is 55.7 Å². The van der Waals surface area contributed by atoms with Crippen LogP contribution in [0.4, 0.5) is 0 Å². The number of aryl methyl sites for hydroxylation is 1.